The van der Waals surface area contributed by atoms with Crippen molar-refractivity contribution in [3.8, 4) is 0 Å². The first-order valence-electron chi connectivity index (χ1n) is 11.3. The minimum absolute atomic E-state index is 0.102. The lowest BCUT2D eigenvalue weighted by Gasteiger charge is -2.28. The van der Waals surface area contributed by atoms with Crippen molar-refractivity contribution < 1.29 is 14.7 Å². The Kier molecular flexibility index (Phi) is 7.33. The Bertz CT molecular complexity index is 953. The predicted octanol–water partition coefficient (Wildman–Crippen LogP) is 2.58. The van der Waals surface area contributed by atoms with E-state index in [2.05, 4.69) is 46.0 Å². The summed E-state index contributed by atoms with van der Waals surface area (Å²) in [5.74, 6) is -0.352. The summed E-state index contributed by atoms with van der Waals surface area (Å²) in [5.41, 5.74) is 4.53. The first-order chi connectivity index (χ1) is 15.1. The van der Waals surface area contributed by atoms with Crippen molar-refractivity contribution >= 4 is 24.1 Å². The van der Waals surface area contributed by atoms with Crippen molar-refractivity contribution in [1.29, 1.82) is 0 Å². The third kappa shape index (κ3) is 5.54. The molecule has 0 radical (unpaired) electrons. The average molecular weight is 442 g/mol. The van der Waals surface area contributed by atoms with Gasteiger partial charge < -0.3 is 15.7 Å². The zero-order valence-electron chi connectivity index (χ0n) is 19.6. The summed E-state index contributed by atoms with van der Waals surface area (Å²) >= 11 is 0. The quantitative estimate of drug-likeness (QED) is 0.446. The topological polar surface area (TPSA) is 109 Å². The van der Waals surface area contributed by atoms with Crippen LogP contribution in [0.3, 0.4) is 0 Å². The lowest BCUT2D eigenvalue weighted by atomic mass is 9.85. The molecule has 1 saturated carbocycles. The van der Waals surface area contributed by atoms with Gasteiger partial charge in [0.05, 0.1) is 6.20 Å². The van der Waals surface area contributed by atoms with Gasteiger partial charge in [-0.05, 0) is 63.3 Å². The van der Waals surface area contributed by atoms with Gasteiger partial charge in [0, 0.05) is 29.8 Å². The molecule has 174 valence electrons. The van der Waals surface area contributed by atoms with E-state index in [0.717, 1.165) is 48.9 Å². The first-order valence-corrected chi connectivity index (χ1v) is 11.3. The van der Waals surface area contributed by atoms with Crippen LogP contribution in [-0.4, -0.2) is 46.1 Å². The van der Waals surface area contributed by atoms with E-state index in [0.29, 0.717) is 12.2 Å². The number of carbonyl (C=O) groups excluding carboxylic acids is 2. The molecule has 0 bridgehead atoms. The van der Waals surface area contributed by atoms with E-state index >= 15 is 0 Å². The predicted molar refractivity (Wildman–Crippen MR) is 125 cm³/mol. The third-order valence-electron chi connectivity index (χ3n) is 6.26. The fourth-order valence-corrected chi connectivity index (χ4v) is 4.68. The van der Waals surface area contributed by atoms with Gasteiger partial charge in [-0.15, -0.1) is 0 Å². The molecule has 2 heterocycles. The largest absolute Gasteiger partial charge is 0.387 e. The molecule has 1 fully saturated rings. The van der Waals surface area contributed by atoms with Gasteiger partial charge in [-0.25, -0.2) is 4.99 Å². The monoisotopic (exact) mass is 441 g/mol. The second-order valence-electron chi connectivity index (χ2n) is 9.88. The summed E-state index contributed by atoms with van der Waals surface area (Å²) in [6.07, 6.45) is 7.65. The van der Waals surface area contributed by atoms with E-state index in [1.807, 2.05) is 26.1 Å². The normalized spacial score (nSPS) is 22.1. The van der Waals surface area contributed by atoms with Crippen molar-refractivity contribution in [2.45, 2.75) is 72.4 Å². The van der Waals surface area contributed by atoms with Gasteiger partial charge in [-0.3, -0.25) is 14.3 Å². The third-order valence-corrected chi connectivity index (χ3v) is 6.26. The molecule has 0 spiro atoms. The van der Waals surface area contributed by atoms with Crippen LogP contribution in [0.25, 0.3) is 5.57 Å². The summed E-state index contributed by atoms with van der Waals surface area (Å²) in [6.45, 7) is 12.5. The molecule has 1 aromatic heterocycles. The number of carbonyl (C=O) groups is 2. The van der Waals surface area contributed by atoms with Crippen LogP contribution in [0.4, 0.5) is 0 Å². The molecule has 2 amide bonds. The fraction of sp³-hybridized carbons (Fsp3) is 0.583. The summed E-state index contributed by atoms with van der Waals surface area (Å²) in [5, 5.41) is 19.2. The molecule has 0 unspecified atom stereocenters. The summed E-state index contributed by atoms with van der Waals surface area (Å²) < 4.78 is 2.06. The Labute approximate surface area is 189 Å². The van der Waals surface area contributed by atoms with Gasteiger partial charge in [-0.1, -0.05) is 25.8 Å². The Morgan fingerprint density at radius 3 is 2.78 bits per heavy atom. The number of hydrogen-bond acceptors (Lipinski definition) is 5. The van der Waals surface area contributed by atoms with Crippen LogP contribution in [0.2, 0.25) is 0 Å². The van der Waals surface area contributed by atoms with E-state index < -0.39 is 12.5 Å². The number of nitrogens with zero attached hydrogens (tertiary/aromatic N) is 3. The highest BCUT2D eigenvalue weighted by molar-refractivity contribution is 5.83. The molecule has 3 N–H and O–H groups in total. The maximum Gasteiger partial charge on any atom is 0.245 e. The van der Waals surface area contributed by atoms with E-state index in [9.17, 15) is 9.59 Å². The fourth-order valence-electron chi connectivity index (χ4n) is 4.68. The summed E-state index contributed by atoms with van der Waals surface area (Å²) in [4.78, 5) is 28.5. The molecule has 8 heteroatoms. The minimum atomic E-state index is -0.540. The number of hydrogen-bond donors (Lipinski definition) is 3. The summed E-state index contributed by atoms with van der Waals surface area (Å²) in [6, 6.07) is -0.102. The molecule has 0 saturated heterocycles. The Balaban J connectivity index is 1.75. The molecular weight excluding hydrogens is 406 g/mol. The van der Waals surface area contributed by atoms with Crippen LogP contribution in [0.1, 0.15) is 64.6 Å². The molecule has 1 aromatic rings. The van der Waals surface area contributed by atoms with Gasteiger partial charge in [0.15, 0.2) is 0 Å². The molecule has 32 heavy (non-hydrogen) atoms. The molecule has 1 aliphatic heterocycles. The van der Waals surface area contributed by atoms with Crippen molar-refractivity contribution in [3.05, 3.63) is 34.9 Å². The van der Waals surface area contributed by atoms with Crippen molar-refractivity contribution in [2.24, 2.45) is 16.3 Å². The highest BCUT2D eigenvalue weighted by atomic mass is 16.3. The molecule has 0 aromatic carbocycles. The average Bonchev–Trinajstić information content (AvgIpc) is 3.25. The Morgan fingerprint density at radius 1 is 1.38 bits per heavy atom. The van der Waals surface area contributed by atoms with Crippen molar-refractivity contribution in [1.82, 2.24) is 20.4 Å². The highest BCUT2D eigenvalue weighted by Crippen LogP contribution is 2.36. The van der Waals surface area contributed by atoms with Crippen LogP contribution in [0.5, 0.6) is 0 Å². The SMILES string of the molecule is C=N/C(=C\C(=C(C)C)c1cnn2c1CC(C)(C)C2)NC(=O)[C@H]1CCC[C@@H](NC(=O)CO)C1. The maximum absolute atomic E-state index is 12.9. The molecular formula is C24H35N5O3. The van der Waals surface area contributed by atoms with E-state index in [1.165, 1.54) is 5.69 Å². The van der Waals surface area contributed by atoms with Gasteiger partial charge in [0.1, 0.15) is 12.4 Å². The molecule has 2 aliphatic rings. The number of nitrogens with one attached hydrogen (secondary N) is 2. The minimum Gasteiger partial charge on any atom is -0.387 e. The molecule has 1 aliphatic carbocycles. The van der Waals surface area contributed by atoms with Crippen LogP contribution in [0, 0.1) is 11.3 Å². The zero-order valence-corrected chi connectivity index (χ0v) is 19.6. The number of aliphatic imine (C=N–C) groups is 1. The van der Waals surface area contributed by atoms with Crippen LogP contribution >= 0.6 is 0 Å². The lowest BCUT2D eigenvalue weighted by Crippen LogP contribution is -2.43. The van der Waals surface area contributed by atoms with Crippen molar-refractivity contribution in [2.75, 3.05) is 6.61 Å². The number of aromatic nitrogens is 2. The smallest absolute Gasteiger partial charge is 0.245 e. The lowest BCUT2D eigenvalue weighted by molar-refractivity contribution is -0.128. The van der Waals surface area contributed by atoms with Crippen LogP contribution < -0.4 is 10.6 Å². The van der Waals surface area contributed by atoms with Gasteiger partial charge in [0.25, 0.3) is 0 Å². The van der Waals surface area contributed by atoms with Gasteiger partial charge >= 0.3 is 0 Å². The number of fused-ring (bicyclic) bond motifs is 1. The standard InChI is InChI=1S/C24H35N5O3/c1-15(2)18(19-12-26-29-14-24(3,4)11-20(19)29)10-21(25-5)28-23(32)16-7-6-8-17(9-16)27-22(31)13-30/h10,12,16-17,30H,5-9,11,13-14H2,1-4H3,(H,27,31)(H,28,32)/b21-10+/t16-,17+/m0/s1. The summed E-state index contributed by atoms with van der Waals surface area (Å²) in [7, 11) is 0. The number of aliphatic hydroxyl groups is 1. The second kappa shape index (κ2) is 9.81. The molecule has 8 nitrogen and oxygen atoms in total. The number of aliphatic hydroxyl groups excluding tert-OH is 1. The number of amides is 2. The first kappa shape index (κ1) is 23.9. The van der Waals surface area contributed by atoms with E-state index in [4.69, 9.17) is 5.11 Å². The number of rotatable bonds is 7. The zero-order chi connectivity index (χ0) is 23.5. The molecule has 2 atom stereocenters. The van der Waals surface area contributed by atoms with Crippen LogP contribution in [0.15, 0.2) is 28.7 Å². The highest BCUT2D eigenvalue weighted by Gasteiger charge is 2.32. The van der Waals surface area contributed by atoms with E-state index in [-0.39, 0.29) is 23.3 Å². The Hall–Kier alpha value is -2.74. The second-order valence-corrected chi connectivity index (χ2v) is 9.88. The van der Waals surface area contributed by atoms with E-state index in [1.54, 1.807) is 0 Å². The van der Waals surface area contributed by atoms with Gasteiger partial charge in [-0.2, -0.15) is 5.10 Å². The van der Waals surface area contributed by atoms with Crippen molar-refractivity contribution in [3.63, 3.8) is 0 Å². The molecule has 3 rings (SSSR count). The van der Waals surface area contributed by atoms with Gasteiger partial charge in [0.2, 0.25) is 11.8 Å². The maximum atomic E-state index is 12.9. The van der Waals surface area contributed by atoms with Crippen LogP contribution in [-0.2, 0) is 22.6 Å². The Morgan fingerprint density at radius 2 is 2.12 bits per heavy atom. The number of allylic oxidation sites excluding steroid dienone is 3.